The maximum absolute atomic E-state index is 5.19. The highest BCUT2D eigenvalue weighted by Crippen LogP contribution is 2.46. The smallest absolute Gasteiger partial charge is 0.0197 e. The van der Waals surface area contributed by atoms with Crippen LogP contribution in [0.5, 0.6) is 0 Å². The summed E-state index contributed by atoms with van der Waals surface area (Å²) >= 11 is 5.19. The monoisotopic (exact) mass is 652 g/mol. The quantitative estimate of drug-likeness (QED) is 0.109. The van der Waals surface area contributed by atoms with Gasteiger partial charge in [-0.3, -0.25) is 0 Å². The van der Waals surface area contributed by atoms with Gasteiger partial charge in [0.15, 0.2) is 0 Å². The average Bonchev–Trinajstić information content (AvgIpc) is 3.18. The number of hydrogen-bond acceptors (Lipinski definition) is 1. The van der Waals surface area contributed by atoms with Crippen LogP contribution < -0.4 is 0 Å². The molecule has 10 aromatic carbocycles. The minimum atomic E-state index is 0.993. The van der Waals surface area contributed by atoms with Crippen molar-refractivity contribution in [3.05, 3.63) is 175 Å². The van der Waals surface area contributed by atoms with Crippen molar-refractivity contribution in [3.8, 4) is 44.5 Å². The molecule has 234 valence electrons. The molecule has 0 bridgehead atoms. The Hall–Kier alpha value is -5.89. The summed E-state index contributed by atoms with van der Waals surface area (Å²) in [7, 11) is 0. The van der Waals surface area contributed by atoms with Crippen molar-refractivity contribution in [1.82, 2.24) is 0 Å². The summed E-state index contributed by atoms with van der Waals surface area (Å²) in [6.07, 6.45) is 0. The molecule has 0 atom stereocenters. The third kappa shape index (κ3) is 4.34. The molecule has 0 aromatic heterocycles. The molecule has 0 aliphatic carbocycles. The van der Waals surface area contributed by atoms with Gasteiger partial charge in [-0.25, -0.2) is 0 Å². The van der Waals surface area contributed by atoms with Crippen molar-refractivity contribution in [2.45, 2.75) is 11.8 Å². The Morgan fingerprint density at radius 2 is 0.760 bits per heavy atom. The van der Waals surface area contributed by atoms with E-state index in [0.29, 0.717) is 0 Å². The van der Waals surface area contributed by atoms with Crippen molar-refractivity contribution in [2.24, 2.45) is 0 Å². The van der Waals surface area contributed by atoms with Crippen LogP contribution in [0.15, 0.2) is 175 Å². The van der Waals surface area contributed by atoms with E-state index in [2.05, 4.69) is 177 Å². The molecule has 0 amide bonds. The van der Waals surface area contributed by atoms with Gasteiger partial charge in [0, 0.05) is 4.90 Å². The topological polar surface area (TPSA) is 0 Å². The molecular weight excluding hydrogens is 621 g/mol. The normalized spacial score (nSPS) is 11.8. The Labute approximate surface area is 297 Å². The van der Waals surface area contributed by atoms with E-state index in [9.17, 15) is 0 Å². The first-order chi connectivity index (χ1) is 24.7. The van der Waals surface area contributed by atoms with E-state index in [1.807, 2.05) is 0 Å². The van der Waals surface area contributed by atoms with Crippen molar-refractivity contribution in [2.75, 3.05) is 0 Å². The highest BCUT2D eigenvalue weighted by Gasteiger charge is 2.18. The Bertz CT molecular complexity index is 2930. The van der Waals surface area contributed by atoms with Crippen LogP contribution in [0.25, 0.3) is 98.4 Å². The molecule has 0 aliphatic heterocycles. The first-order valence-electron chi connectivity index (χ1n) is 17.2. The zero-order chi connectivity index (χ0) is 33.3. The van der Waals surface area contributed by atoms with Crippen LogP contribution in [0.2, 0.25) is 0 Å². The third-order valence-corrected chi connectivity index (χ3v) is 11.2. The molecule has 0 fully saturated rings. The first-order valence-corrected chi connectivity index (χ1v) is 17.7. The van der Waals surface area contributed by atoms with E-state index in [1.165, 1.54) is 87.2 Å². The molecule has 0 unspecified atom stereocenters. The van der Waals surface area contributed by atoms with E-state index in [4.69, 9.17) is 12.6 Å². The molecule has 0 aliphatic rings. The number of benzene rings is 10. The van der Waals surface area contributed by atoms with Crippen LogP contribution in [0.3, 0.4) is 0 Å². The minimum Gasteiger partial charge on any atom is -0.142 e. The molecule has 10 aromatic rings. The van der Waals surface area contributed by atoms with Crippen molar-refractivity contribution >= 4 is 66.5 Å². The summed E-state index contributed by atoms with van der Waals surface area (Å²) < 4.78 is 0. The Morgan fingerprint density at radius 1 is 0.300 bits per heavy atom. The second-order valence-electron chi connectivity index (χ2n) is 13.4. The number of rotatable bonds is 4. The van der Waals surface area contributed by atoms with E-state index in [0.717, 1.165) is 21.6 Å². The molecule has 0 saturated carbocycles. The Kier molecular flexibility index (Phi) is 6.59. The van der Waals surface area contributed by atoms with Gasteiger partial charge in [0.2, 0.25) is 0 Å². The van der Waals surface area contributed by atoms with E-state index >= 15 is 0 Å². The van der Waals surface area contributed by atoms with Crippen LogP contribution in [0.4, 0.5) is 0 Å². The molecular formula is C49H32S. The molecule has 10 rings (SSSR count). The van der Waals surface area contributed by atoms with Gasteiger partial charge in [-0.05, 0) is 123 Å². The fourth-order valence-electron chi connectivity index (χ4n) is 8.39. The number of thiol groups is 1. The summed E-state index contributed by atoms with van der Waals surface area (Å²) in [4.78, 5) is 0.993. The summed E-state index contributed by atoms with van der Waals surface area (Å²) in [5.41, 5.74) is 10.8. The predicted octanol–water partition coefficient (Wildman–Crippen LogP) is 14.2. The van der Waals surface area contributed by atoms with Crippen LogP contribution >= 0.6 is 12.6 Å². The zero-order valence-corrected chi connectivity index (χ0v) is 28.5. The summed E-state index contributed by atoms with van der Waals surface area (Å²) in [5.74, 6) is 0. The van der Waals surface area contributed by atoms with Gasteiger partial charge < -0.3 is 0 Å². The average molecular weight is 653 g/mol. The predicted molar refractivity (Wildman–Crippen MR) is 219 cm³/mol. The second kappa shape index (κ2) is 11.3. The minimum absolute atomic E-state index is 0.993. The van der Waals surface area contributed by atoms with Gasteiger partial charge in [0.25, 0.3) is 0 Å². The van der Waals surface area contributed by atoms with Crippen LogP contribution in [0, 0.1) is 6.92 Å². The summed E-state index contributed by atoms with van der Waals surface area (Å²) in [6, 6.07) is 62.2. The van der Waals surface area contributed by atoms with E-state index in [1.54, 1.807) is 0 Å². The summed E-state index contributed by atoms with van der Waals surface area (Å²) in [6.45, 7) is 2.22. The lowest BCUT2D eigenvalue weighted by molar-refractivity contribution is 1.39. The maximum atomic E-state index is 5.19. The first kappa shape index (κ1) is 29.1. The molecule has 0 saturated heterocycles. The molecule has 0 N–H and O–H groups in total. The highest BCUT2D eigenvalue weighted by atomic mass is 32.1. The summed E-state index contributed by atoms with van der Waals surface area (Å²) in [5, 5.41) is 13.2. The number of fused-ring (bicyclic) bond motifs is 6. The Balaban J connectivity index is 1.12. The maximum Gasteiger partial charge on any atom is 0.0197 e. The lowest BCUT2D eigenvalue weighted by atomic mass is 9.85. The van der Waals surface area contributed by atoms with Gasteiger partial charge in [-0.2, -0.15) is 0 Å². The lowest BCUT2D eigenvalue weighted by Gasteiger charge is -2.18. The Morgan fingerprint density at radius 3 is 1.46 bits per heavy atom. The fourth-order valence-corrected chi connectivity index (χ4v) is 8.79. The SMILES string of the molecule is Cc1c(-c2ccccc2)cccc1-c1cccc(-c2cccc(-c3ccc4c(c3)c3cccc5c6ccccc6c6cccc4c6c53)c2)c1S. The van der Waals surface area contributed by atoms with Crippen molar-refractivity contribution in [3.63, 3.8) is 0 Å². The molecule has 0 nitrogen and oxygen atoms in total. The second-order valence-corrected chi connectivity index (χ2v) is 13.8. The number of hydrogen-bond donors (Lipinski definition) is 1. The zero-order valence-electron chi connectivity index (χ0n) is 27.6. The van der Waals surface area contributed by atoms with Gasteiger partial charge in [-0.15, -0.1) is 12.6 Å². The van der Waals surface area contributed by atoms with Crippen LogP contribution in [-0.2, 0) is 0 Å². The van der Waals surface area contributed by atoms with Crippen molar-refractivity contribution in [1.29, 1.82) is 0 Å². The van der Waals surface area contributed by atoms with Gasteiger partial charge in [0.1, 0.15) is 0 Å². The van der Waals surface area contributed by atoms with E-state index < -0.39 is 0 Å². The van der Waals surface area contributed by atoms with Gasteiger partial charge >= 0.3 is 0 Å². The fraction of sp³-hybridized carbons (Fsp3) is 0.0204. The van der Waals surface area contributed by atoms with Gasteiger partial charge in [0.05, 0.1) is 0 Å². The molecule has 0 spiro atoms. The molecule has 0 radical (unpaired) electrons. The highest BCUT2D eigenvalue weighted by molar-refractivity contribution is 7.80. The lowest BCUT2D eigenvalue weighted by Crippen LogP contribution is -1.92. The largest absolute Gasteiger partial charge is 0.142 e. The molecule has 1 heteroatoms. The third-order valence-electron chi connectivity index (χ3n) is 10.7. The van der Waals surface area contributed by atoms with Crippen molar-refractivity contribution < 1.29 is 0 Å². The van der Waals surface area contributed by atoms with Gasteiger partial charge in [-0.1, -0.05) is 158 Å². The van der Waals surface area contributed by atoms with Crippen LogP contribution in [0.1, 0.15) is 5.56 Å². The standard InChI is InChI=1S/C49H32S/c1-30-35(31-12-3-2-4-13-31)18-8-19-36(30)45-25-9-20-37(49(45)50)34-15-7-14-32(28-34)33-26-27-40-43-23-10-21-41-38-16-5-6-17-39(38)42-22-11-24-44(46(40)29-33)48(42)47(41)43/h2-29,50H,1H3. The molecule has 50 heavy (non-hydrogen) atoms. The molecule has 0 heterocycles. The van der Waals surface area contributed by atoms with Crippen LogP contribution in [-0.4, -0.2) is 0 Å². The van der Waals surface area contributed by atoms with E-state index in [-0.39, 0.29) is 0 Å².